The molecule has 0 unspecified atom stereocenters. The van der Waals surface area contributed by atoms with Gasteiger partial charge in [0.15, 0.2) is 0 Å². The average Bonchev–Trinajstić information content (AvgIpc) is 3.20. The van der Waals surface area contributed by atoms with E-state index in [0.29, 0.717) is 23.7 Å². The molecule has 4 bridgehead atoms. The number of benzene rings is 1. The molecular formula is C21H26O2. The van der Waals surface area contributed by atoms with Crippen molar-refractivity contribution in [2.75, 3.05) is 13.2 Å². The second-order valence-electron chi connectivity index (χ2n) is 7.56. The van der Waals surface area contributed by atoms with Crippen molar-refractivity contribution in [3.63, 3.8) is 0 Å². The summed E-state index contributed by atoms with van der Waals surface area (Å²) in [5.41, 5.74) is 6.04. The van der Waals surface area contributed by atoms with Gasteiger partial charge in [-0.05, 0) is 57.8 Å². The third-order valence-electron chi connectivity index (χ3n) is 6.49. The van der Waals surface area contributed by atoms with E-state index in [1.807, 2.05) is 0 Å². The van der Waals surface area contributed by atoms with E-state index >= 15 is 0 Å². The Labute approximate surface area is 138 Å². The second-order valence-corrected chi connectivity index (χ2v) is 7.56. The molecule has 1 saturated carbocycles. The van der Waals surface area contributed by atoms with Crippen molar-refractivity contribution < 1.29 is 9.47 Å². The van der Waals surface area contributed by atoms with Gasteiger partial charge >= 0.3 is 0 Å². The van der Waals surface area contributed by atoms with Crippen molar-refractivity contribution in [3.05, 3.63) is 34.4 Å². The molecule has 6 rings (SSSR count). The number of hydrogen-bond donors (Lipinski definition) is 0. The van der Waals surface area contributed by atoms with E-state index in [0.717, 1.165) is 13.2 Å². The molecule has 0 amide bonds. The number of fused-ring (bicyclic) bond motifs is 6. The van der Waals surface area contributed by atoms with Crippen LogP contribution in [0.2, 0.25) is 0 Å². The van der Waals surface area contributed by atoms with E-state index in [9.17, 15) is 0 Å². The Hall–Kier alpha value is -1.44. The molecular weight excluding hydrogens is 284 g/mol. The van der Waals surface area contributed by atoms with Gasteiger partial charge in [0.05, 0.1) is 13.2 Å². The summed E-state index contributed by atoms with van der Waals surface area (Å²) in [6.45, 7) is 5.79. The van der Waals surface area contributed by atoms with Crippen LogP contribution in [-0.2, 0) is 0 Å². The lowest BCUT2D eigenvalue weighted by Gasteiger charge is -2.38. The Morgan fingerprint density at radius 1 is 0.739 bits per heavy atom. The second kappa shape index (κ2) is 5.03. The summed E-state index contributed by atoms with van der Waals surface area (Å²) >= 11 is 0. The highest BCUT2D eigenvalue weighted by Crippen LogP contribution is 2.64. The largest absolute Gasteiger partial charge is 0.493 e. The first-order valence-electron chi connectivity index (χ1n) is 9.50. The predicted molar refractivity (Wildman–Crippen MR) is 92.0 cm³/mol. The first-order valence-corrected chi connectivity index (χ1v) is 9.50. The van der Waals surface area contributed by atoms with Crippen LogP contribution in [0.5, 0.6) is 11.5 Å². The van der Waals surface area contributed by atoms with Crippen molar-refractivity contribution in [2.24, 2.45) is 0 Å². The molecule has 0 N–H and O–H groups in total. The maximum Gasteiger partial charge on any atom is 0.127 e. The molecule has 2 heteroatoms. The molecule has 1 aromatic carbocycles. The van der Waals surface area contributed by atoms with Crippen LogP contribution in [-0.4, -0.2) is 13.2 Å². The molecule has 0 aromatic heterocycles. The molecule has 0 spiro atoms. The summed E-state index contributed by atoms with van der Waals surface area (Å²) in [4.78, 5) is 0. The summed E-state index contributed by atoms with van der Waals surface area (Å²) in [5, 5.41) is 0. The molecule has 23 heavy (non-hydrogen) atoms. The minimum atomic E-state index is 0.542. The molecule has 0 aliphatic heterocycles. The highest BCUT2D eigenvalue weighted by Gasteiger charge is 2.46. The van der Waals surface area contributed by atoms with Gasteiger partial charge in [-0.15, -0.1) is 0 Å². The lowest BCUT2D eigenvalue weighted by atomic mass is 9.68. The van der Waals surface area contributed by atoms with Crippen LogP contribution < -0.4 is 9.47 Å². The summed E-state index contributed by atoms with van der Waals surface area (Å²) in [6, 6.07) is 0. The molecule has 5 aliphatic rings. The highest BCUT2D eigenvalue weighted by molar-refractivity contribution is 5.69. The van der Waals surface area contributed by atoms with Gasteiger partial charge < -0.3 is 9.47 Å². The van der Waals surface area contributed by atoms with Crippen LogP contribution in [0.1, 0.15) is 91.9 Å². The number of allylic oxidation sites excluding steroid dienone is 2. The van der Waals surface area contributed by atoms with E-state index < -0.39 is 0 Å². The van der Waals surface area contributed by atoms with Crippen LogP contribution in [0.15, 0.2) is 12.2 Å². The van der Waals surface area contributed by atoms with Gasteiger partial charge in [0.2, 0.25) is 0 Å². The quantitative estimate of drug-likeness (QED) is 0.695. The molecule has 122 valence electrons. The zero-order chi connectivity index (χ0) is 15.6. The van der Waals surface area contributed by atoms with Gasteiger partial charge in [0.25, 0.3) is 0 Å². The molecule has 0 saturated heterocycles. The molecule has 1 fully saturated rings. The van der Waals surface area contributed by atoms with Crippen LogP contribution in [0.25, 0.3) is 0 Å². The predicted octanol–water partition coefficient (Wildman–Crippen LogP) is 5.38. The van der Waals surface area contributed by atoms with Crippen LogP contribution in [0.4, 0.5) is 0 Å². The van der Waals surface area contributed by atoms with Crippen molar-refractivity contribution >= 4 is 0 Å². The normalized spacial score (nSPS) is 32.1. The van der Waals surface area contributed by atoms with Gasteiger partial charge in [0, 0.05) is 34.1 Å². The van der Waals surface area contributed by atoms with Crippen molar-refractivity contribution in [1.29, 1.82) is 0 Å². The first-order chi connectivity index (χ1) is 11.3. The standard InChI is InChI=1S/C21H26O2/c1-3-22-20-16-12-5-7-13(8-6-12)17(16)21(23-4-2)19-15-10-9-14(11-15)18(19)20/h5,7,12-15H,3-4,6,8-11H2,1-2H3/t12-,13+,14+,15-. The zero-order valence-corrected chi connectivity index (χ0v) is 14.2. The van der Waals surface area contributed by atoms with Crippen LogP contribution >= 0.6 is 0 Å². The van der Waals surface area contributed by atoms with E-state index in [4.69, 9.17) is 9.47 Å². The van der Waals surface area contributed by atoms with Crippen LogP contribution in [0, 0.1) is 0 Å². The maximum absolute atomic E-state index is 6.30. The van der Waals surface area contributed by atoms with Crippen molar-refractivity contribution in [1.82, 2.24) is 0 Å². The zero-order valence-electron chi connectivity index (χ0n) is 14.2. The number of ether oxygens (including phenoxy) is 2. The summed E-state index contributed by atoms with van der Waals surface area (Å²) in [7, 11) is 0. The Kier molecular flexibility index (Phi) is 3.05. The Balaban J connectivity index is 1.83. The molecule has 0 radical (unpaired) electrons. The third-order valence-corrected chi connectivity index (χ3v) is 6.49. The fraction of sp³-hybridized carbons (Fsp3) is 0.619. The van der Waals surface area contributed by atoms with E-state index in [2.05, 4.69) is 26.0 Å². The SMILES string of the molecule is CCOc1c2c(c(OCC)c3c1[C@@H]1C=C[C@H]3CC1)[C@@H]1CC[C@H]2C1. The maximum atomic E-state index is 6.30. The Bertz CT molecular complexity index is 631. The van der Waals surface area contributed by atoms with E-state index in [-0.39, 0.29) is 0 Å². The Morgan fingerprint density at radius 2 is 1.22 bits per heavy atom. The average molecular weight is 310 g/mol. The topological polar surface area (TPSA) is 18.5 Å². The molecule has 5 aliphatic carbocycles. The van der Waals surface area contributed by atoms with E-state index in [1.54, 1.807) is 0 Å². The molecule has 0 heterocycles. The fourth-order valence-electron chi connectivity index (χ4n) is 5.73. The summed E-state index contributed by atoms with van der Waals surface area (Å²) in [6.07, 6.45) is 11.4. The van der Waals surface area contributed by atoms with Gasteiger partial charge in [-0.25, -0.2) is 0 Å². The van der Waals surface area contributed by atoms with E-state index in [1.165, 1.54) is 65.9 Å². The molecule has 2 nitrogen and oxygen atoms in total. The smallest absolute Gasteiger partial charge is 0.127 e. The monoisotopic (exact) mass is 310 g/mol. The fourth-order valence-corrected chi connectivity index (χ4v) is 5.73. The molecule has 4 atom stereocenters. The van der Waals surface area contributed by atoms with Gasteiger partial charge in [-0.1, -0.05) is 12.2 Å². The van der Waals surface area contributed by atoms with Gasteiger partial charge in [-0.3, -0.25) is 0 Å². The van der Waals surface area contributed by atoms with Crippen molar-refractivity contribution in [2.45, 2.75) is 69.6 Å². The number of hydrogen-bond acceptors (Lipinski definition) is 2. The highest BCUT2D eigenvalue weighted by atomic mass is 16.5. The number of rotatable bonds is 4. The first kappa shape index (κ1) is 13.9. The lowest BCUT2D eigenvalue weighted by molar-refractivity contribution is 0.308. The van der Waals surface area contributed by atoms with Crippen molar-refractivity contribution in [3.8, 4) is 11.5 Å². The Morgan fingerprint density at radius 3 is 1.61 bits per heavy atom. The minimum absolute atomic E-state index is 0.542. The summed E-state index contributed by atoms with van der Waals surface area (Å²) in [5.74, 6) is 5.02. The molecule has 1 aromatic rings. The van der Waals surface area contributed by atoms with Crippen LogP contribution in [0.3, 0.4) is 0 Å². The lowest BCUT2D eigenvalue weighted by Crippen LogP contribution is -2.22. The van der Waals surface area contributed by atoms with Gasteiger partial charge in [0.1, 0.15) is 11.5 Å². The summed E-state index contributed by atoms with van der Waals surface area (Å²) < 4.78 is 12.6. The minimum Gasteiger partial charge on any atom is -0.493 e. The van der Waals surface area contributed by atoms with Gasteiger partial charge in [-0.2, -0.15) is 0 Å². The third kappa shape index (κ3) is 1.75.